The molecule has 27 heavy (non-hydrogen) atoms. The van der Waals surface area contributed by atoms with E-state index in [1.165, 1.54) is 25.7 Å². The summed E-state index contributed by atoms with van der Waals surface area (Å²) in [4.78, 5) is 23.4. The highest BCUT2D eigenvalue weighted by atomic mass is 16.5. The molecule has 1 saturated carbocycles. The van der Waals surface area contributed by atoms with Crippen molar-refractivity contribution >= 4 is 5.91 Å². The van der Waals surface area contributed by atoms with Gasteiger partial charge in [-0.3, -0.25) is 9.78 Å². The van der Waals surface area contributed by atoms with Crippen LogP contribution in [0.1, 0.15) is 63.6 Å². The summed E-state index contributed by atoms with van der Waals surface area (Å²) in [7, 11) is 0. The Kier molecular flexibility index (Phi) is 5.80. The summed E-state index contributed by atoms with van der Waals surface area (Å²) in [5.41, 5.74) is 0.834. The molecule has 6 nitrogen and oxygen atoms in total. The first kappa shape index (κ1) is 18.1. The van der Waals surface area contributed by atoms with Crippen molar-refractivity contribution < 1.29 is 9.32 Å². The number of carbonyl (C=O) groups is 1. The zero-order valence-corrected chi connectivity index (χ0v) is 15.8. The van der Waals surface area contributed by atoms with Gasteiger partial charge in [-0.25, -0.2) is 0 Å². The number of rotatable bonds is 7. The molecule has 1 saturated heterocycles. The molecule has 0 radical (unpaired) electrons. The average Bonchev–Trinajstić information content (AvgIpc) is 3.47. The highest BCUT2D eigenvalue weighted by molar-refractivity contribution is 5.76. The average molecular weight is 368 g/mol. The number of hydrogen-bond acceptors (Lipinski definition) is 5. The Labute approximate surface area is 160 Å². The number of nitrogens with zero attached hydrogens (tertiary/aromatic N) is 4. The smallest absolute Gasteiger partial charge is 0.259 e. The lowest BCUT2D eigenvalue weighted by atomic mass is 10.0. The zero-order valence-electron chi connectivity index (χ0n) is 15.8. The highest BCUT2D eigenvalue weighted by Crippen LogP contribution is 2.30. The van der Waals surface area contributed by atoms with E-state index in [9.17, 15) is 4.79 Å². The predicted molar refractivity (Wildman–Crippen MR) is 102 cm³/mol. The lowest BCUT2D eigenvalue weighted by Crippen LogP contribution is -2.35. The molecular weight excluding hydrogens is 340 g/mol. The van der Waals surface area contributed by atoms with Gasteiger partial charge in [0, 0.05) is 37.8 Å². The molecule has 0 bridgehead atoms. The molecule has 1 aliphatic carbocycles. The summed E-state index contributed by atoms with van der Waals surface area (Å²) >= 11 is 0. The number of hydrogen-bond donors (Lipinski definition) is 0. The number of carbonyl (C=O) groups excluding carboxylic acids is 1. The van der Waals surface area contributed by atoms with E-state index in [4.69, 9.17) is 4.52 Å². The molecule has 1 atom stereocenters. The molecule has 1 amide bonds. The van der Waals surface area contributed by atoms with Crippen molar-refractivity contribution in [3.63, 3.8) is 0 Å². The Morgan fingerprint density at radius 3 is 2.89 bits per heavy atom. The Balaban J connectivity index is 1.28. The minimum absolute atomic E-state index is 0.321. The van der Waals surface area contributed by atoms with E-state index in [-0.39, 0.29) is 0 Å². The summed E-state index contributed by atoms with van der Waals surface area (Å²) in [6.07, 6.45) is 14.4. The van der Waals surface area contributed by atoms with Crippen LogP contribution in [0.25, 0.3) is 11.5 Å². The third-order valence-electron chi connectivity index (χ3n) is 6.02. The number of likely N-dealkylation sites (tertiary alicyclic amines) is 1. The van der Waals surface area contributed by atoms with E-state index in [2.05, 4.69) is 20.0 Å². The lowest BCUT2D eigenvalue weighted by molar-refractivity contribution is -0.132. The Hall–Kier alpha value is -2.24. The summed E-state index contributed by atoms with van der Waals surface area (Å²) in [6.45, 7) is 0.904. The molecule has 3 heterocycles. The van der Waals surface area contributed by atoms with Gasteiger partial charge in [0.2, 0.25) is 5.91 Å². The van der Waals surface area contributed by atoms with Gasteiger partial charge in [0.05, 0.1) is 5.56 Å². The molecular formula is C21H28N4O2. The van der Waals surface area contributed by atoms with Gasteiger partial charge >= 0.3 is 0 Å². The van der Waals surface area contributed by atoms with Crippen LogP contribution in [-0.2, 0) is 11.2 Å². The molecule has 2 aromatic rings. The van der Waals surface area contributed by atoms with Crippen LogP contribution in [-0.4, -0.2) is 38.5 Å². The van der Waals surface area contributed by atoms with E-state index in [1.807, 2.05) is 12.1 Å². The topological polar surface area (TPSA) is 72.1 Å². The van der Waals surface area contributed by atoms with Gasteiger partial charge in [0.1, 0.15) is 0 Å². The maximum absolute atomic E-state index is 12.7. The van der Waals surface area contributed by atoms with Crippen LogP contribution in [0, 0.1) is 5.92 Å². The van der Waals surface area contributed by atoms with Gasteiger partial charge < -0.3 is 9.42 Å². The van der Waals surface area contributed by atoms with Crippen LogP contribution in [0.4, 0.5) is 0 Å². The van der Waals surface area contributed by atoms with Gasteiger partial charge in [0.15, 0.2) is 5.82 Å². The molecule has 144 valence electrons. The SMILES string of the molecule is O=C(CCC1CCCC1)N1CCCC1CCc1noc(-c2cccnc2)n1. The molecule has 6 heteroatoms. The molecule has 0 aromatic carbocycles. The molecule has 2 fully saturated rings. The third kappa shape index (κ3) is 4.54. The molecule has 1 aliphatic heterocycles. The minimum atomic E-state index is 0.321. The molecule has 2 aromatic heterocycles. The number of aryl methyl sites for hydroxylation is 1. The fraction of sp³-hybridized carbons (Fsp3) is 0.619. The van der Waals surface area contributed by atoms with Crippen molar-refractivity contribution in [2.24, 2.45) is 5.92 Å². The fourth-order valence-corrected chi connectivity index (χ4v) is 4.49. The van der Waals surface area contributed by atoms with Crippen molar-refractivity contribution in [3.05, 3.63) is 30.4 Å². The van der Waals surface area contributed by atoms with Gasteiger partial charge in [-0.05, 0) is 43.7 Å². The highest BCUT2D eigenvalue weighted by Gasteiger charge is 2.29. The quantitative estimate of drug-likeness (QED) is 0.738. The van der Waals surface area contributed by atoms with E-state index in [0.717, 1.165) is 50.1 Å². The van der Waals surface area contributed by atoms with Crippen LogP contribution < -0.4 is 0 Å². The minimum Gasteiger partial charge on any atom is -0.340 e. The van der Waals surface area contributed by atoms with Gasteiger partial charge in [-0.2, -0.15) is 4.98 Å². The van der Waals surface area contributed by atoms with Gasteiger partial charge in [-0.1, -0.05) is 30.8 Å². The number of amides is 1. The van der Waals surface area contributed by atoms with Crippen molar-refractivity contribution in [1.82, 2.24) is 20.0 Å². The lowest BCUT2D eigenvalue weighted by Gasteiger charge is -2.25. The van der Waals surface area contributed by atoms with E-state index >= 15 is 0 Å². The standard InChI is InChI=1S/C21H28N4O2/c26-20(12-9-16-5-1-2-6-16)25-14-4-8-18(25)10-11-19-23-21(27-24-19)17-7-3-13-22-15-17/h3,7,13,15-16,18H,1-2,4-6,8-12,14H2. The van der Waals surface area contributed by atoms with Crippen LogP contribution in [0.2, 0.25) is 0 Å². The first-order valence-corrected chi connectivity index (χ1v) is 10.3. The van der Waals surface area contributed by atoms with Gasteiger partial charge in [0.25, 0.3) is 5.89 Å². The first-order chi connectivity index (χ1) is 13.3. The summed E-state index contributed by atoms with van der Waals surface area (Å²) in [5, 5.41) is 4.09. The fourth-order valence-electron chi connectivity index (χ4n) is 4.49. The molecule has 2 aliphatic rings. The van der Waals surface area contributed by atoms with Crippen LogP contribution in [0.15, 0.2) is 29.0 Å². The van der Waals surface area contributed by atoms with Crippen molar-refractivity contribution in [1.29, 1.82) is 0 Å². The second kappa shape index (κ2) is 8.63. The molecule has 4 rings (SSSR count). The number of aromatic nitrogens is 3. The van der Waals surface area contributed by atoms with E-state index in [0.29, 0.717) is 30.1 Å². The van der Waals surface area contributed by atoms with E-state index in [1.54, 1.807) is 12.4 Å². The maximum atomic E-state index is 12.7. The van der Waals surface area contributed by atoms with Crippen molar-refractivity contribution in [3.8, 4) is 11.5 Å². The Morgan fingerprint density at radius 2 is 2.07 bits per heavy atom. The molecule has 1 unspecified atom stereocenters. The van der Waals surface area contributed by atoms with Gasteiger partial charge in [-0.15, -0.1) is 0 Å². The largest absolute Gasteiger partial charge is 0.340 e. The summed E-state index contributed by atoms with van der Waals surface area (Å²) in [6, 6.07) is 4.08. The monoisotopic (exact) mass is 368 g/mol. The van der Waals surface area contributed by atoms with Crippen LogP contribution >= 0.6 is 0 Å². The van der Waals surface area contributed by atoms with Crippen molar-refractivity contribution in [2.45, 2.75) is 70.3 Å². The van der Waals surface area contributed by atoms with Crippen LogP contribution in [0.5, 0.6) is 0 Å². The zero-order chi connectivity index (χ0) is 18.5. The number of pyridine rings is 1. The predicted octanol–water partition coefficient (Wildman–Crippen LogP) is 4.03. The molecule has 0 N–H and O–H groups in total. The Bertz CT molecular complexity index is 740. The second-order valence-electron chi connectivity index (χ2n) is 7.87. The third-order valence-corrected chi connectivity index (χ3v) is 6.02. The van der Waals surface area contributed by atoms with E-state index < -0.39 is 0 Å². The second-order valence-corrected chi connectivity index (χ2v) is 7.87. The summed E-state index contributed by atoms with van der Waals surface area (Å²) < 4.78 is 5.35. The Morgan fingerprint density at radius 1 is 1.19 bits per heavy atom. The van der Waals surface area contributed by atoms with Crippen molar-refractivity contribution in [2.75, 3.05) is 6.54 Å². The normalized spacial score (nSPS) is 20.4. The maximum Gasteiger partial charge on any atom is 0.259 e. The van der Waals surface area contributed by atoms with Crippen LogP contribution in [0.3, 0.4) is 0 Å². The molecule has 0 spiro atoms. The first-order valence-electron chi connectivity index (χ1n) is 10.3. The summed E-state index contributed by atoms with van der Waals surface area (Å²) in [5.74, 6) is 2.34.